The van der Waals surface area contributed by atoms with E-state index in [1.54, 1.807) is 0 Å². The molecule has 1 aliphatic heterocycles. The number of nitrogens with one attached hydrogen (secondary N) is 1. The SMILES string of the molecule is BrC1(Br)C=CC(C(OC2CNC2)c2ccccc2)=CC1. The first-order valence-corrected chi connectivity index (χ1v) is 8.41. The van der Waals surface area contributed by atoms with E-state index in [0.29, 0.717) is 6.10 Å². The maximum absolute atomic E-state index is 6.27. The molecule has 0 saturated carbocycles. The zero-order valence-electron chi connectivity index (χ0n) is 11.1. The lowest BCUT2D eigenvalue weighted by molar-refractivity contribution is -0.0207. The zero-order valence-corrected chi connectivity index (χ0v) is 14.2. The second-order valence-corrected chi connectivity index (χ2v) is 9.10. The van der Waals surface area contributed by atoms with Gasteiger partial charge in [0.1, 0.15) is 9.34 Å². The quantitative estimate of drug-likeness (QED) is 0.771. The zero-order chi connectivity index (χ0) is 14.0. The number of hydrogen-bond donors (Lipinski definition) is 1. The molecule has 1 aromatic carbocycles. The average molecular weight is 399 g/mol. The van der Waals surface area contributed by atoms with E-state index >= 15 is 0 Å². The monoisotopic (exact) mass is 397 g/mol. The second kappa shape index (κ2) is 6.14. The van der Waals surface area contributed by atoms with Gasteiger partial charge in [-0.05, 0) is 17.6 Å². The van der Waals surface area contributed by atoms with Gasteiger partial charge in [-0.1, -0.05) is 80.4 Å². The molecule has 2 nitrogen and oxygen atoms in total. The Balaban J connectivity index is 1.82. The van der Waals surface area contributed by atoms with Gasteiger partial charge in [0, 0.05) is 13.1 Å². The fraction of sp³-hybridized carbons (Fsp3) is 0.375. The van der Waals surface area contributed by atoms with Crippen molar-refractivity contribution in [3.63, 3.8) is 0 Å². The Bertz CT molecular complexity index is 521. The van der Waals surface area contributed by atoms with E-state index in [1.807, 2.05) is 6.07 Å². The van der Waals surface area contributed by atoms with Gasteiger partial charge in [-0.3, -0.25) is 0 Å². The number of benzene rings is 1. The van der Waals surface area contributed by atoms with Gasteiger partial charge in [0.25, 0.3) is 0 Å². The van der Waals surface area contributed by atoms with Crippen LogP contribution in [0.4, 0.5) is 0 Å². The van der Waals surface area contributed by atoms with Gasteiger partial charge in [-0.2, -0.15) is 0 Å². The van der Waals surface area contributed by atoms with E-state index in [9.17, 15) is 0 Å². The minimum atomic E-state index is -0.108. The van der Waals surface area contributed by atoms with E-state index in [-0.39, 0.29) is 9.34 Å². The summed E-state index contributed by atoms with van der Waals surface area (Å²) in [6.07, 6.45) is 7.78. The number of alkyl halides is 2. The average Bonchev–Trinajstić information content (AvgIpc) is 2.40. The molecule has 1 N–H and O–H groups in total. The normalized spacial score (nSPS) is 23.0. The molecule has 1 fully saturated rings. The summed E-state index contributed by atoms with van der Waals surface area (Å²) in [6, 6.07) is 10.4. The Kier molecular flexibility index (Phi) is 4.46. The molecule has 106 valence electrons. The predicted octanol–water partition coefficient (Wildman–Crippen LogP) is 4.09. The molecule has 1 unspecified atom stereocenters. The van der Waals surface area contributed by atoms with Gasteiger partial charge < -0.3 is 10.1 Å². The second-order valence-electron chi connectivity index (χ2n) is 5.21. The molecule has 1 saturated heterocycles. The van der Waals surface area contributed by atoms with Gasteiger partial charge >= 0.3 is 0 Å². The molecule has 0 radical (unpaired) electrons. The molecular weight excluding hydrogens is 382 g/mol. The van der Waals surface area contributed by atoms with Crippen molar-refractivity contribution in [2.75, 3.05) is 13.1 Å². The highest BCUT2D eigenvalue weighted by Gasteiger charge is 2.28. The predicted molar refractivity (Wildman–Crippen MR) is 89.4 cm³/mol. The maximum atomic E-state index is 6.27. The Labute approximate surface area is 136 Å². The first kappa shape index (κ1) is 14.5. The van der Waals surface area contributed by atoms with Crippen molar-refractivity contribution in [2.45, 2.75) is 21.9 Å². The lowest BCUT2D eigenvalue weighted by Gasteiger charge is -2.33. The summed E-state index contributed by atoms with van der Waals surface area (Å²) >= 11 is 7.27. The summed E-state index contributed by atoms with van der Waals surface area (Å²) in [7, 11) is 0. The van der Waals surface area contributed by atoms with Crippen LogP contribution in [0.25, 0.3) is 0 Å². The van der Waals surface area contributed by atoms with E-state index < -0.39 is 0 Å². The van der Waals surface area contributed by atoms with E-state index in [1.165, 1.54) is 11.1 Å². The standard InChI is InChI=1S/C16H17Br2NO/c17-16(18)8-6-13(7-9-16)15(20-14-10-19-11-14)12-4-2-1-3-5-12/h1-8,14-15,19H,9-11H2. The van der Waals surface area contributed by atoms with Crippen molar-refractivity contribution in [1.82, 2.24) is 5.32 Å². The first-order chi connectivity index (χ1) is 9.64. The number of halogens is 2. The summed E-state index contributed by atoms with van der Waals surface area (Å²) in [4.78, 5) is 0. The Morgan fingerprint density at radius 2 is 1.95 bits per heavy atom. The summed E-state index contributed by atoms with van der Waals surface area (Å²) in [6.45, 7) is 1.89. The summed E-state index contributed by atoms with van der Waals surface area (Å²) in [5.41, 5.74) is 2.45. The van der Waals surface area contributed by atoms with Crippen LogP contribution in [0.1, 0.15) is 18.1 Å². The number of rotatable bonds is 4. The Hall–Kier alpha value is -0.420. The third kappa shape index (κ3) is 3.42. The van der Waals surface area contributed by atoms with Crippen LogP contribution in [0.2, 0.25) is 0 Å². The lowest BCUT2D eigenvalue weighted by Crippen LogP contribution is -2.49. The number of ether oxygens (including phenoxy) is 1. The highest BCUT2D eigenvalue weighted by Crippen LogP contribution is 2.39. The first-order valence-electron chi connectivity index (χ1n) is 6.82. The molecule has 0 spiro atoms. The van der Waals surface area contributed by atoms with Gasteiger partial charge in [-0.25, -0.2) is 0 Å². The molecule has 1 heterocycles. The van der Waals surface area contributed by atoms with Gasteiger partial charge in [0.2, 0.25) is 0 Å². The molecule has 0 aromatic heterocycles. The third-order valence-corrected chi connectivity index (χ3v) is 4.78. The number of allylic oxidation sites excluding steroid dienone is 2. The molecule has 4 heteroatoms. The summed E-state index contributed by atoms with van der Waals surface area (Å²) in [5, 5.41) is 3.26. The third-order valence-electron chi connectivity index (χ3n) is 3.61. The van der Waals surface area contributed by atoms with Gasteiger partial charge in [0.05, 0.1) is 6.10 Å². The molecule has 0 bridgehead atoms. The van der Waals surface area contributed by atoms with E-state index in [0.717, 1.165) is 19.5 Å². The molecular formula is C16H17Br2NO. The number of hydrogen-bond acceptors (Lipinski definition) is 2. The van der Waals surface area contributed by atoms with Crippen molar-refractivity contribution in [3.05, 3.63) is 59.7 Å². The Morgan fingerprint density at radius 3 is 2.50 bits per heavy atom. The molecule has 20 heavy (non-hydrogen) atoms. The van der Waals surface area contributed by atoms with Crippen molar-refractivity contribution >= 4 is 31.9 Å². The van der Waals surface area contributed by atoms with Crippen LogP contribution in [-0.2, 0) is 4.74 Å². The largest absolute Gasteiger partial charge is 0.363 e. The van der Waals surface area contributed by atoms with Crippen LogP contribution in [0.15, 0.2) is 54.1 Å². The molecule has 1 atom stereocenters. The minimum Gasteiger partial charge on any atom is -0.363 e. The van der Waals surface area contributed by atoms with Gasteiger partial charge in [-0.15, -0.1) is 0 Å². The van der Waals surface area contributed by atoms with Crippen LogP contribution < -0.4 is 5.32 Å². The van der Waals surface area contributed by atoms with Gasteiger partial charge in [0.15, 0.2) is 0 Å². The van der Waals surface area contributed by atoms with E-state index in [2.05, 4.69) is 79.7 Å². The van der Waals surface area contributed by atoms with Crippen LogP contribution in [-0.4, -0.2) is 22.4 Å². The van der Waals surface area contributed by atoms with Crippen LogP contribution in [0.3, 0.4) is 0 Å². The molecule has 0 amide bonds. The molecule has 1 aromatic rings. The van der Waals surface area contributed by atoms with Crippen LogP contribution >= 0.6 is 31.9 Å². The van der Waals surface area contributed by atoms with Crippen molar-refractivity contribution < 1.29 is 4.74 Å². The fourth-order valence-corrected chi connectivity index (χ4v) is 2.92. The van der Waals surface area contributed by atoms with Crippen LogP contribution in [0, 0.1) is 0 Å². The lowest BCUT2D eigenvalue weighted by atomic mass is 9.96. The summed E-state index contributed by atoms with van der Waals surface area (Å²) in [5.74, 6) is 0. The fourth-order valence-electron chi connectivity index (χ4n) is 2.33. The topological polar surface area (TPSA) is 21.3 Å². The molecule has 3 rings (SSSR count). The van der Waals surface area contributed by atoms with Crippen molar-refractivity contribution in [1.29, 1.82) is 0 Å². The maximum Gasteiger partial charge on any atom is 0.108 e. The molecule has 2 aliphatic rings. The summed E-state index contributed by atoms with van der Waals surface area (Å²) < 4.78 is 6.16. The van der Waals surface area contributed by atoms with Crippen molar-refractivity contribution in [2.24, 2.45) is 0 Å². The Morgan fingerprint density at radius 1 is 1.20 bits per heavy atom. The van der Waals surface area contributed by atoms with Crippen molar-refractivity contribution in [3.8, 4) is 0 Å². The van der Waals surface area contributed by atoms with E-state index in [4.69, 9.17) is 4.74 Å². The smallest absolute Gasteiger partial charge is 0.108 e. The van der Waals surface area contributed by atoms with Crippen LogP contribution in [0.5, 0.6) is 0 Å². The minimum absolute atomic E-state index is 0.0237. The highest BCUT2D eigenvalue weighted by molar-refractivity contribution is 9.25. The molecule has 1 aliphatic carbocycles. The highest BCUT2D eigenvalue weighted by atomic mass is 79.9.